The summed E-state index contributed by atoms with van der Waals surface area (Å²) in [5.74, 6) is 0.171. The van der Waals surface area contributed by atoms with E-state index in [2.05, 4.69) is 13.0 Å². The summed E-state index contributed by atoms with van der Waals surface area (Å²) < 4.78 is 10.3. The Balaban J connectivity index is 2.45. The molecule has 0 aromatic heterocycles. The quantitative estimate of drug-likeness (QED) is 0.792. The molecule has 0 unspecified atom stereocenters. The summed E-state index contributed by atoms with van der Waals surface area (Å²) in [6.45, 7) is 4.19. The number of hydrogen-bond donors (Lipinski definition) is 0. The number of benzene rings is 2. The topological polar surface area (TPSA) is 35.5 Å². The molecule has 0 aliphatic rings. The van der Waals surface area contributed by atoms with E-state index in [0.717, 1.165) is 11.1 Å². The minimum Gasteiger partial charge on any atom is -0.496 e. The lowest BCUT2D eigenvalue weighted by Crippen LogP contribution is -2.06. The Morgan fingerprint density at radius 2 is 1.90 bits per heavy atom. The molecule has 0 saturated carbocycles. The highest BCUT2D eigenvalue weighted by molar-refractivity contribution is 5.93. The zero-order valence-corrected chi connectivity index (χ0v) is 12.0. The minimum absolute atomic E-state index is 0.349. The normalized spacial score (nSPS) is 10.2. The van der Waals surface area contributed by atoms with Crippen LogP contribution in [0.25, 0.3) is 11.1 Å². The molecule has 2 rings (SSSR count). The Hall–Kier alpha value is -2.29. The van der Waals surface area contributed by atoms with Crippen molar-refractivity contribution in [3.63, 3.8) is 0 Å². The fraction of sp³-hybridized carbons (Fsp3) is 0.235. The predicted molar refractivity (Wildman–Crippen MR) is 79.1 cm³/mol. The third-order valence-corrected chi connectivity index (χ3v) is 3.15. The number of esters is 1. The molecule has 0 saturated heterocycles. The van der Waals surface area contributed by atoms with E-state index < -0.39 is 0 Å². The summed E-state index contributed by atoms with van der Waals surface area (Å²) in [5, 5.41) is 0. The molecule has 0 radical (unpaired) electrons. The van der Waals surface area contributed by atoms with Crippen molar-refractivity contribution in [1.29, 1.82) is 0 Å². The SMILES string of the molecule is CCOC(=O)c1ccc(-c2ccccc2C)cc1OC. The zero-order chi connectivity index (χ0) is 14.5. The second-order valence-electron chi connectivity index (χ2n) is 4.45. The van der Waals surface area contributed by atoms with Crippen LogP contribution in [0.2, 0.25) is 0 Å². The molecule has 0 N–H and O–H groups in total. The summed E-state index contributed by atoms with van der Waals surface area (Å²) in [7, 11) is 1.56. The van der Waals surface area contributed by atoms with Gasteiger partial charge in [0.15, 0.2) is 0 Å². The van der Waals surface area contributed by atoms with Gasteiger partial charge in [0.25, 0.3) is 0 Å². The number of carbonyl (C=O) groups excluding carboxylic acids is 1. The van der Waals surface area contributed by atoms with E-state index in [1.54, 1.807) is 20.1 Å². The third kappa shape index (κ3) is 2.82. The van der Waals surface area contributed by atoms with Gasteiger partial charge in [-0.2, -0.15) is 0 Å². The van der Waals surface area contributed by atoms with Gasteiger partial charge >= 0.3 is 5.97 Å². The van der Waals surface area contributed by atoms with Crippen LogP contribution in [-0.4, -0.2) is 19.7 Å². The molecule has 3 heteroatoms. The number of aryl methyl sites for hydroxylation is 1. The number of methoxy groups -OCH3 is 1. The van der Waals surface area contributed by atoms with Crippen LogP contribution in [0.4, 0.5) is 0 Å². The van der Waals surface area contributed by atoms with E-state index in [0.29, 0.717) is 17.9 Å². The summed E-state index contributed by atoms with van der Waals surface area (Å²) in [5.41, 5.74) is 3.78. The molecule has 0 bridgehead atoms. The van der Waals surface area contributed by atoms with Gasteiger partial charge in [0.1, 0.15) is 11.3 Å². The van der Waals surface area contributed by atoms with Crippen molar-refractivity contribution in [1.82, 2.24) is 0 Å². The first-order chi connectivity index (χ1) is 9.67. The van der Waals surface area contributed by atoms with Gasteiger partial charge in [0.05, 0.1) is 13.7 Å². The lowest BCUT2D eigenvalue weighted by atomic mass is 9.99. The van der Waals surface area contributed by atoms with E-state index in [-0.39, 0.29) is 5.97 Å². The fourth-order valence-electron chi connectivity index (χ4n) is 2.13. The van der Waals surface area contributed by atoms with E-state index in [9.17, 15) is 4.79 Å². The molecular formula is C17H18O3. The minimum atomic E-state index is -0.360. The molecule has 3 nitrogen and oxygen atoms in total. The van der Waals surface area contributed by atoms with E-state index in [4.69, 9.17) is 9.47 Å². The molecule has 0 aliphatic heterocycles. The van der Waals surface area contributed by atoms with Gasteiger partial charge in [-0.25, -0.2) is 4.79 Å². The van der Waals surface area contributed by atoms with E-state index >= 15 is 0 Å². The van der Waals surface area contributed by atoms with Crippen LogP contribution in [-0.2, 0) is 4.74 Å². The Morgan fingerprint density at radius 3 is 2.55 bits per heavy atom. The number of hydrogen-bond acceptors (Lipinski definition) is 3. The largest absolute Gasteiger partial charge is 0.496 e. The average molecular weight is 270 g/mol. The summed E-state index contributed by atoms with van der Waals surface area (Å²) in [6, 6.07) is 13.6. The molecule has 104 valence electrons. The molecule has 20 heavy (non-hydrogen) atoms. The van der Waals surface area contributed by atoms with Crippen molar-refractivity contribution in [2.45, 2.75) is 13.8 Å². The molecule has 0 aliphatic carbocycles. The second kappa shape index (κ2) is 6.24. The Kier molecular flexibility index (Phi) is 4.41. The average Bonchev–Trinajstić information content (AvgIpc) is 2.47. The highest BCUT2D eigenvalue weighted by Gasteiger charge is 2.14. The van der Waals surface area contributed by atoms with Crippen LogP contribution in [0.1, 0.15) is 22.8 Å². The van der Waals surface area contributed by atoms with E-state index in [1.807, 2.05) is 30.3 Å². The standard InChI is InChI=1S/C17H18O3/c1-4-20-17(18)15-10-9-13(11-16(15)19-3)14-8-6-5-7-12(14)2/h5-11H,4H2,1-3H3. The van der Waals surface area contributed by atoms with Gasteiger partial charge < -0.3 is 9.47 Å². The van der Waals surface area contributed by atoms with Gasteiger partial charge in [-0.1, -0.05) is 30.3 Å². The Labute approximate surface area is 119 Å². The van der Waals surface area contributed by atoms with Gasteiger partial charge in [0.2, 0.25) is 0 Å². The number of carbonyl (C=O) groups is 1. The van der Waals surface area contributed by atoms with Gasteiger partial charge in [-0.3, -0.25) is 0 Å². The summed E-state index contributed by atoms with van der Waals surface area (Å²) in [4.78, 5) is 11.8. The maximum absolute atomic E-state index is 11.8. The molecular weight excluding hydrogens is 252 g/mol. The number of rotatable bonds is 4. The van der Waals surface area contributed by atoms with Crippen molar-refractivity contribution in [3.05, 3.63) is 53.6 Å². The zero-order valence-electron chi connectivity index (χ0n) is 12.0. The summed E-state index contributed by atoms with van der Waals surface area (Å²) >= 11 is 0. The lowest BCUT2D eigenvalue weighted by Gasteiger charge is -2.11. The maximum atomic E-state index is 11.8. The molecule has 0 heterocycles. The first kappa shape index (κ1) is 14.1. The highest BCUT2D eigenvalue weighted by Crippen LogP contribution is 2.29. The monoisotopic (exact) mass is 270 g/mol. The first-order valence-corrected chi connectivity index (χ1v) is 6.58. The molecule has 0 fully saturated rings. The lowest BCUT2D eigenvalue weighted by molar-refractivity contribution is 0.0523. The molecule has 0 amide bonds. The molecule has 0 atom stereocenters. The Morgan fingerprint density at radius 1 is 1.15 bits per heavy atom. The first-order valence-electron chi connectivity index (χ1n) is 6.58. The van der Waals surface area contributed by atoms with Gasteiger partial charge in [-0.15, -0.1) is 0 Å². The molecule has 0 spiro atoms. The van der Waals surface area contributed by atoms with Crippen LogP contribution in [0.3, 0.4) is 0 Å². The second-order valence-corrected chi connectivity index (χ2v) is 4.45. The summed E-state index contributed by atoms with van der Waals surface area (Å²) in [6.07, 6.45) is 0. The molecule has 2 aromatic rings. The van der Waals surface area contributed by atoms with Crippen molar-refractivity contribution >= 4 is 5.97 Å². The van der Waals surface area contributed by atoms with Crippen LogP contribution < -0.4 is 4.74 Å². The molecule has 2 aromatic carbocycles. The van der Waals surface area contributed by atoms with Gasteiger partial charge in [-0.05, 0) is 42.7 Å². The smallest absolute Gasteiger partial charge is 0.341 e. The van der Waals surface area contributed by atoms with Crippen LogP contribution in [0.5, 0.6) is 5.75 Å². The Bertz CT molecular complexity index is 617. The van der Waals surface area contributed by atoms with Crippen molar-refractivity contribution in [3.8, 4) is 16.9 Å². The fourth-order valence-corrected chi connectivity index (χ4v) is 2.13. The van der Waals surface area contributed by atoms with Crippen LogP contribution in [0.15, 0.2) is 42.5 Å². The van der Waals surface area contributed by atoms with E-state index in [1.165, 1.54) is 5.56 Å². The van der Waals surface area contributed by atoms with Crippen molar-refractivity contribution in [2.24, 2.45) is 0 Å². The third-order valence-electron chi connectivity index (χ3n) is 3.15. The predicted octanol–water partition coefficient (Wildman–Crippen LogP) is 3.85. The van der Waals surface area contributed by atoms with Crippen molar-refractivity contribution < 1.29 is 14.3 Å². The maximum Gasteiger partial charge on any atom is 0.341 e. The van der Waals surface area contributed by atoms with Gasteiger partial charge in [0, 0.05) is 0 Å². The van der Waals surface area contributed by atoms with Crippen LogP contribution >= 0.6 is 0 Å². The van der Waals surface area contributed by atoms with Crippen LogP contribution in [0, 0.1) is 6.92 Å². The van der Waals surface area contributed by atoms with Crippen molar-refractivity contribution in [2.75, 3.05) is 13.7 Å². The number of ether oxygens (including phenoxy) is 2. The highest BCUT2D eigenvalue weighted by atomic mass is 16.5.